The van der Waals surface area contributed by atoms with Crippen molar-refractivity contribution in [1.29, 1.82) is 0 Å². The van der Waals surface area contributed by atoms with E-state index in [1.807, 2.05) is 0 Å². The predicted molar refractivity (Wildman–Crippen MR) is 223 cm³/mol. The van der Waals surface area contributed by atoms with E-state index in [-0.39, 0.29) is 0 Å². The van der Waals surface area contributed by atoms with E-state index in [0.717, 1.165) is 12.8 Å². The molecule has 0 N–H and O–H groups in total. The van der Waals surface area contributed by atoms with Crippen LogP contribution >= 0.6 is 0 Å². The van der Waals surface area contributed by atoms with Gasteiger partial charge in [0.05, 0.1) is 0 Å². The van der Waals surface area contributed by atoms with Gasteiger partial charge in [-0.2, -0.15) is 0 Å². The first kappa shape index (κ1) is 34.6. The van der Waals surface area contributed by atoms with Gasteiger partial charge in [-0.15, -0.1) is 0 Å². The number of fused-ring (bicyclic) bond motifs is 2. The first-order valence-corrected chi connectivity index (χ1v) is 32.4. The van der Waals surface area contributed by atoms with Gasteiger partial charge in [0.1, 0.15) is 0 Å². The van der Waals surface area contributed by atoms with Gasteiger partial charge in [0.25, 0.3) is 0 Å². The number of hydrogen-bond acceptors (Lipinski definition) is 0. The predicted octanol–water partition coefficient (Wildman–Crippen LogP) is 13.7. The molecule has 0 aromatic heterocycles. The Morgan fingerprint density at radius 3 is 1.25 bits per heavy atom. The molecule has 0 saturated carbocycles. The van der Waals surface area contributed by atoms with Gasteiger partial charge < -0.3 is 0 Å². The van der Waals surface area contributed by atoms with Crippen molar-refractivity contribution >= 4 is 15.4 Å². The molecular weight excluding hydrogens is 791 g/mol. The molecule has 2 aliphatic carbocycles. The Balaban J connectivity index is 1.46. The van der Waals surface area contributed by atoms with E-state index in [4.69, 9.17) is 0 Å². The van der Waals surface area contributed by atoms with Crippen molar-refractivity contribution in [3.8, 4) is 22.3 Å². The van der Waals surface area contributed by atoms with Crippen molar-refractivity contribution in [3.05, 3.63) is 201 Å². The second-order valence-electron chi connectivity index (χ2n) is 16.0. The van der Waals surface area contributed by atoms with Crippen LogP contribution in [0, 0.1) is 13.8 Å². The van der Waals surface area contributed by atoms with Crippen LogP contribution in [0.3, 0.4) is 0 Å². The minimum absolute atomic E-state index is 0.311. The van der Waals surface area contributed by atoms with Gasteiger partial charge in [0, 0.05) is 0 Å². The van der Waals surface area contributed by atoms with Gasteiger partial charge in [-0.3, -0.25) is 0 Å². The molecule has 52 heavy (non-hydrogen) atoms. The number of aryl methyl sites for hydroxylation is 4. The van der Waals surface area contributed by atoms with E-state index in [1.165, 1.54) is 77.9 Å². The molecule has 2 aliphatic rings. The molecule has 6 aromatic carbocycles. The summed E-state index contributed by atoms with van der Waals surface area (Å²) in [6, 6.07) is 51.2. The summed E-state index contributed by atoms with van der Waals surface area (Å²) in [6.07, 6.45) is 12.3. The van der Waals surface area contributed by atoms with Crippen molar-refractivity contribution < 1.29 is 18.0 Å². The SMILES string of the molecule is CCc1ccccc1-c1cccc2c1C=C[CH]2[Hf]([CH3])([CH3])(=[C](c1ccc(C)cc1)c1ccc(C)cc1)[CH]1C=Cc2c(-c3ccccc3CC)cccc21. The van der Waals surface area contributed by atoms with Gasteiger partial charge in [-0.05, 0) is 0 Å². The van der Waals surface area contributed by atoms with Crippen LogP contribution < -0.4 is 0 Å². The normalized spacial score (nSPS) is 16.2. The summed E-state index contributed by atoms with van der Waals surface area (Å²) in [5.41, 5.74) is 19.4. The fourth-order valence-electron chi connectivity index (χ4n) is 9.90. The second-order valence-corrected chi connectivity index (χ2v) is 41.0. The summed E-state index contributed by atoms with van der Waals surface area (Å²) in [6.45, 7) is 8.96. The van der Waals surface area contributed by atoms with Gasteiger partial charge >= 0.3 is 314 Å². The standard InChI is InChI=1S/2C17H15.C15H14.2CH3.Hf/c2*1-2-13-7-3-4-10-15(13)17-12-6-9-14-8-5-11-16(14)17;1-12-3-7-14(8-4-12)11-15-9-5-13(2)6-10-15;;;/h2*3-12H,2H2,1H3;3-10H,1-2H3;2*1H3;. The number of allylic oxidation sites excluding steroid dienone is 2. The number of rotatable bonds is 8. The molecule has 8 rings (SSSR count). The van der Waals surface area contributed by atoms with E-state index < -0.39 is 18.0 Å². The Morgan fingerprint density at radius 1 is 0.462 bits per heavy atom. The molecule has 0 radical (unpaired) electrons. The van der Waals surface area contributed by atoms with E-state index >= 15 is 0 Å². The zero-order valence-corrected chi connectivity index (χ0v) is 35.2. The molecule has 258 valence electrons. The number of hydrogen-bond donors (Lipinski definition) is 0. The van der Waals surface area contributed by atoms with Crippen LogP contribution in [0.2, 0.25) is 9.36 Å². The molecule has 0 aliphatic heterocycles. The minimum atomic E-state index is -4.65. The Morgan fingerprint density at radius 2 is 0.846 bits per heavy atom. The zero-order valence-electron chi connectivity index (χ0n) is 31.6. The Labute approximate surface area is 312 Å². The van der Waals surface area contributed by atoms with E-state index in [2.05, 4.69) is 195 Å². The average molecular weight is 841 g/mol. The molecule has 0 spiro atoms. The second kappa shape index (κ2) is 13.5. The fraction of sp³-hybridized carbons (Fsp3) is 0.196. The molecule has 1 heteroatoms. The molecule has 0 amide bonds. The van der Waals surface area contributed by atoms with Crippen LogP contribution in [0.5, 0.6) is 0 Å². The molecule has 0 fully saturated rings. The maximum absolute atomic E-state index is 4.65. The quantitative estimate of drug-likeness (QED) is 0.134. The van der Waals surface area contributed by atoms with E-state index in [9.17, 15) is 0 Å². The molecule has 0 heterocycles. The van der Waals surface area contributed by atoms with Gasteiger partial charge in [-0.1, -0.05) is 0 Å². The van der Waals surface area contributed by atoms with Crippen molar-refractivity contribution in [2.24, 2.45) is 0 Å². The van der Waals surface area contributed by atoms with Crippen LogP contribution in [0.1, 0.15) is 76.8 Å². The molecule has 0 saturated heterocycles. The van der Waals surface area contributed by atoms with Crippen molar-refractivity contribution in [2.45, 2.75) is 57.2 Å². The topological polar surface area (TPSA) is 0 Å². The molecule has 2 atom stereocenters. The molecule has 0 bridgehead atoms. The average Bonchev–Trinajstić information content (AvgIpc) is 3.83. The first-order chi connectivity index (χ1) is 25.2. The third kappa shape index (κ3) is 5.55. The summed E-state index contributed by atoms with van der Waals surface area (Å²) in [5, 5.41) is 0. The summed E-state index contributed by atoms with van der Waals surface area (Å²) >= 11 is -4.65. The van der Waals surface area contributed by atoms with Gasteiger partial charge in [-0.25, -0.2) is 0 Å². The van der Waals surface area contributed by atoms with Gasteiger partial charge in [0.15, 0.2) is 0 Å². The van der Waals surface area contributed by atoms with Crippen LogP contribution in [-0.2, 0) is 30.9 Å². The van der Waals surface area contributed by atoms with Crippen molar-refractivity contribution in [1.82, 2.24) is 0 Å². The third-order valence-electron chi connectivity index (χ3n) is 12.6. The van der Waals surface area contributed by atoms with E-state index in [1.54, 1.807) is 3.26 Å². The van der Waals surface area contributed by atoms with Crippen LogP contribution in [0.4, 0.5) is 0 Å². The molecule has 2 unspecified atom stereocenters. The first-order valence-electron chi connectivity index (χ1n) is 19.2. The Hall–Kier alpha value is -4.46. The molecule has 0 nitrogen and oxygen atoms in total. The fourth-order valence-corrected chi connectivity index (χ4v) is 34.9. The summed E-state index contributed by atoms with van der Waals surface area (Å²) in [4.78, 5) is 0. The van der Waals surface area contributed by atoms with Gasteiger partial charge in [0.2, 0.25) is 0 Å². The van der Waals surface area contributed by atoms with E-state index in [0.29, 0.717) is 7.35 Å². The third-order valence-corrected chi connectivity index (χ3v) is 37.7. The van der Waals surface area contributed by atoms with Crippen molar-refractivity contribution in [3.63, 3.8) is 0 Å². The summed E-state index contributed by atoms with van der Waals surface area (Å²) < 4.78 is 7.80. The monoisotopic (exact) mass is 842 g/mol. The maximum atomic E-state index is 2.79. The summed E-state index contributed by atoms with van der Waals surface area (Å²) in [7, 11) is 0. The zero-order chi connectivity index (χ0) is 36.1. The Kier molecular flexibility index (Phi) is 8.99. The van der Waals surface area contributed by atoms with Crippen LogP contribution in [0.25, 0.3) is 34.4 Å². The summed E-state index contributed by atoms with van der Waals surface area (Å²) in [5.74, 6) is 0. The Bertz CT molecular complexity index is 2280. The van der Waals surface area contributed by atoms with Crippen LogP contribution in [0.15, 0.2) is 146 Å². The van der Waals surface area contributed by atoms with Crippen LogP contribution in [-0.4, -0.2) is 3.26 Å². The molecular formula is C51H50Hf. The van der Waals surface area contributed by atoms with Crippen molar-refractivity contribution in [2.75, 3.05) is 0 Å². The molecule has 6 aromatic rings. The number of benzene rings is 6.